The van der Waals surface area contributed by atoms with Gasteiger partial charge in [0.15, 0.2) is 5.76 Å². The van der Waals surface area contributed by atoms with Crippen LogP contribution >= 0.6 is 0 Å². The average molecular weight is 319 g/mol. The van der Waals surface area contributed by atoms with Gasteiger partial charge in [-0.1, -0.05) is 0 Å². The number of rotatable bonds is 4. The van der Waals surface area contributed by atoms with Gasteiger partial charge in [-0.3, -0.25) is 4.79 Å². The zero-order valence-corrected chi connectivity index (χ0v) is 13.3. The second-order valence-electron chi connectivity index (χ2n) is 5.79. The van der Waals surface area contributed by atoms with Gasteiger partial charge >= 0.3 is 0 Å². The molecule has 0 aromatic carbocycles. The molecule has 2 aromatic rings. The minimum absolute atomic E-state index is 0.103. The molecular weight excluding hydrogens is 298 g/mol. The first-order valence-electron chi connectivity index (χ1n) is 7.68. The van der Waals surface area contributed by atoms with Crippen LogP contribution in [-0.2, 0) is 7.05 Å². The van der Waals surface area contributed by atoms with Crippen molar-refractivity contribution in [3.63, 3.8) is 0 Å². The predicted octanol–water partition coefficient (Wildman–Crippen LogP) is 1.61. The molecule has 1 aliphatic rings. The maximum Gasteiger partial charge on any atom is 0.289 e. The van der Waals surface area contributed by atoms with E-state index >= 15 is 0 Å². The minimum Gasteiger partial charge on any atom is -0.468 e. The molecule has 1 fully saturated rings. The first-order chi connectivity index (χ1) is 11.1. The number of hydrogen-bond donors (Lipinski definition) is 1. The summed E-state index contributed by atoms with van der Waals surface area (Å²) in [6, 6.07) is 3.25. The van der Waals surface area contributed by atoms with Crippen LogP contribution in [0.5, 0.6) is 5.95 Å². The summed E-state index contributed by atoms with van der Waals surface area (Å²) in [5.74, 6) is 1.24. The van der Waals surface area contributed by atoms with E-state index in [0.717, 1.165) is 12.8 Å². The fraction of sp³-hybridized carbons (Fsp3) is 0.500. The fourth-order valence-corrected chi connectivity index (χ4v) is 2.99. The number of imidazole rings is 1. The summed E-state index contributed by atoms with van der Waals surface area (Å²) < 4.78 is 12.1. The number of furan rings is 1. The van der Waals surface area contributed by atoms with E-state index in [1.807, 2.05) is 17.8 Å². The molecule has 1 aliphatic heterocycles. The number of likely N-dealkylation sites (tertiary alicyclic amines) is 1. The number of carbonyl (C=O) groups is 1. The molecule has 0 radical (unpaired) electrons. The van der Waals surface area contributed by atoms with Gasteiger partial charge in [0, 0.05) is 38.6 Å². The van der Waals surface area contributed by atoms with Crippen molar-refractivity contribution in [1.82, 2.24) is 14.5 Å². The van der Waals surface area contributed by atoms with Crippen molar-refractivity contribution in [2.75, 3.05) is 20.2 Å². The number of nitrogens with zero attached hydrogens (tertiary/aromatic N) is 3. The van der Waals surface area contributed by atoms with E-state index in [1.165, 1.54) is 7.11 Å². The Morgan fingerprint density at radius 3 is 2.74 bits per heavy atom. The summed E-state index contributed by atoms with van der Waals surface area (Å²) in [6.07, 6.45) is 4.37. The van der Waals surface area contributed by atoms with Gasteiger partial charge in [0.05, 0.1) is 7.11 Å². The molecule has 7 nitrogen and oxygen atoms in total. The molecular formula is C16H21N3O4. The Morgan fingerprint density at radius 1 is 1.43 bits per heavy atom. The highest BCUT2D eigenvalue weighted by molar-refractivity contribution is 5.91. The summed E-state index contributed by atoms with van der Waals surface area (Å²) in [5, 5.41) is 10.5. The largest absolute Gasteiger partial charge is 0.468 e. The molecule has 0 saturated carbocycles. The Balaban J connectivity index is 1.60. The molecule has 1 N–H and O–H groups in total. The standard InChI is InChI=1S/C16H21N3O4/c1-18-10-7-17-15(18)14(20)11-5-8-19(9-6-11)16(21)12-3-4-13(22-2)23-12/h3-4,7,10-11,14,20H,5-6,8-9H2,1-2H3/t14-/m1/s1. The summed E-state index contributed by atoms with van der Waals surface area (Å²) in [4.78, 5) is 18.3. The van der Waals surface area contributed by atoms with Gasteiger partial charge in [-0.2, -0.15) is 0 Å². The Bertz CT molecular complexity index is 670. The van der Waals surface area contributed by atoms with Gasteiger partial charge < -0.3 is 23.7 Å². The van der Waals surface area contributed by atoms with Gasteiger partial charge in [-0.25, -0.2) is 4.98 Å². The zero-order chi connectivity index (χ0) is 16.4. The third-order valence-electron chi connectivity index (χ3n) is 4.39. The van der Waals surface area contributed by atoms with Crippen molar-refractivity contribution in [1.29, 1.82) is 0 Å². The lowest BCUT2D eigenvalue weighted by Gasteiger charge is -2.33. The third-order valence-corrected chi connectivity index (χ3v) is 4.39. The lowest BCUT2D eigenvalue weighted by molar-refractivity contribution is 0.0400. The monoisotopic (exact) mass is 319 g/mol. The normalized spacial score (nSPS) is 17.3. The number of piperidine rings is 1. The van der Waals surface area contributed by atoms with E-state index in [4.69, 9.17) is 9.15 Å². The summed E-state index contributed by atoms with van der Waals surface area (Å²) >= 11 is 0. The van der Waals surface area contributed by atoms with Crippen molar-refractivity contribution in [3.8, 4) is 5.95 Å². The summed E-state index contributed by atoms with van der Waals surface area (Å²) in [7, 11) is 3.37. The summed E-state index contributed by atoms with van der Waals surface area (Å²) in [5.41, 5.74) is 0. The van der Waals surface area contributed by atoms with Crippen molar-refractivity contribution in [3.05, 3.63) is 36.1 Å². The van der Waals surface area contributed by atoms with Crippen LogP contribution in [0, 0.1) is 5.92 Å². The maximum absolute atomic E-state index is 12.4. The van der Waals surface area contributed by atoms with E-state index in [0.29, 0.717) is 24.9 Å². The number of aryl methyl sites for hydroxylation is 1. The second kappa shape index (κ2) is 6.45. The van der Waals surface area contributed by atoms with Crippen LogP contribution in [0.25, 0.3) is 0 Å². The maximum atomic E-state index is 12.4. The van der Waals surface area contributed by atoms with E-state index in [-0.39, 0.29) is 17.6 Å². The first-order valence-corrected chi connectivity index (χ1v) is 7.68. The van der Waals surface area contributed by atoms with E-state index in [9.17, 15) is 9.90 Å². The molecule has 3 rings (SSSR count). The molecule has 0 aliphatic carbocycles. The molecule has 1 atom stereocenters. The number of carbonyl (C=O) groups excluding carboxylic acids is 1. The second-order valence-corrected chi connectivity index (χ2v) is 5.79. The number of aliphatic hydroxyl groups excluding tert-OH is 1. The van der Waals surface area contributed by atoms with Crippen molar-refractivity contribution >= 4 is 5.91 Å². The Hall–Kier alpha value is -2.28. The molecule has 0 bridgehead atoms. The number of aromatic nitrogens is 2. The van der Waals surface area contributed by atoms with Gasteiger partial charge in [0.2, 0.25) is 0 Å². The molecule has 23 heavy (non-hydrogen) atoms. The highest BCUT2D eigenvalue weighted by Crippen LogP contribution is 2.30. The molecule has 3 heterocycles. The van der Waals surface area contributed by atoms with E-state index < -0.39 is 6.10 Å². The van der Waals surface area contributed by atoms with Crippen LogP contribution in [0.1, 0.15) is 35.3 Å². The molecule has 7 heteroatoms. The van der Waals surface area contributed by atoms with Gasteiger partial charge in [-0.05, 0) is 24.8 Å². The highest BCUT2D eigenvalue weighted by atomic mass is 16.6. The number of amides is 1. The molecule has 0 spiro atoms. The topological polar surface area (TPSA) is 80.7 Å². The molecule has 1 amide bonds. The zero-order valence-electron chi connectivity index (χ0n) is 13.3. The minimum atomic E-state index is -0.601. The van der Waals surface area contributed by atoms with Gasteiger partial charge in [0.25, 0.3) is 11.9 Å². The fourth-order valence-electron chi connectivity index (χ4n) is 2.99. The van der Waals surface area contributed by atoms with Crippen LogP contribution in [0.3, 0.4) is 0 Å². The van der Waals surface area contributed by atoms with Gasteiger partial charge in [0.1, 0.15) is 11.9 Å². The number of aliphatic hydroxyl groups is 1. The average Bonchev–Trinajstić information content (AvgIpc) is 3.22. The van der Waals surface area contributed by atoms with Crippen molar-refractivity contribution < 1.29 is 19.1 Å². The molecule has 1 saturated heterocycles. The van der Waals surface area contributed by atoms with Crippen LogP contribution in [0.15, 0.2) is 28.9 Å². The van der Waals surface area contributed by atoms with E-state index in [1.54, 1.807) is 23.2 Å². The SMILES string of the molecule is COc1ccc(C(=O)N2CCC([C@@H](O)c3nccn3C)CC2)o1. The van der Waals surface area contributed by atoms with Crippen LogP contribution < -0.4 is 4.74 Å². The van der Waals surface area contributed by atoms with Crippen molar-refractivity contribution in [2.24, 2.45) is 13.0 Å². The Morgan fingerprint density at radius 2 is 2.17 bits per heavy atom. The van der Waals surface area contributed by atoms with Crippen LogP contribution in [0.4, 0.5) is 0 Å². The smallest absolute Gasteiger partial charge is 0.289 e. The van der Waals surface area contributed by atoms with Crippen LogP contribution in [0.2, 0.25) is 0 Å². The Kier molecular flexibility index (Phi) is 4.38. The van der Waals surface area contributed by atoms with Crippen molar-refractivity contribution in [2.45, 2.75) is 18.9 Å². The lowest BCUT2D eigenvalue weighted by Crippen LogP contribution is -2.39. The van der Waals surface area contributed by atoms with Crippen LogP contribution in [-0.4, -0.2) is 45.7 Å². The quantitative estimate of drug-likeness (QED) is 0.926. The summed E-state index contributed by atoms with van der Waals surface area (Å²) in [6.45, 7) is 1.18. The number of ether oxygens (including phenoxy) is 1. The highest BCUT2D eigenvalue weighted by Gasteiger charge is 2.31. The third kappa shape index (κ3) is 3.10. The molecule has 2 aromatic heterocycles. The first kappa shape index (κ1) is 15.6. The molecule has 0 unspecified atom stereocenters. The van der Waals surface area contributed by atoms with E-state index in [2.05, 4.69) is 4.98 Å². The lowest BCUT2D eigenvalue weighted by atomic mass is 9.90. The predicted molar refractivity (Wildman–Crippen MR) is 82.1 cm³/mol. The molecule has 124 valence electrons. The number of hydrogen-bond acceptors (Lipinski definition) is 5. The Labute approximate surface area is 134 Å². The van der Waals surface area contributed by atoms with Gasteiger partial charge in [-0.15, -0.1) is 0 Å². The number of methoxy groups -OCH3 is 1.